The second-order valence-electron chi connectivity index (χ2n) is 4.83. The lowest BCUT2D eigenvalue weighted by Crippen LogP contribution is -1.95. The maximum Gasteiger partial charge on any atom is 0.234 e. The molecule has 0 saturated heterocycles. The molecule has 1 aliphatic carbocycles. The van der Waals surface area contributed by atoms with Crippen LogP contribution in [0.1, 0.15) is 35.2 Å². The van der Waals surface area contributed by atoms with Crippen molar-refractivity contribution in [2.24, 2.45) is 0 Å². The fourth-order valence-electron chi connectivity index (χ4n) is 2.12. The van der Waals surface area contributed by atoms with Gasteiger partial charge >= 0.3 is 0 Å². The van der Waals surface area contributed by atoms with Gasteiger partial charge in [0.05, 0.1) is 0 Å². The zero-order chi connectivity index (χ0) is 12.8. The molecule has 0 amide bonds. The van der Waals surface area contributed by atoms with E-state index >= 15 is 0 Å². The Kier molecular flexibility index (Phi) is 2.38. The second kappa shape index (κ2) is 4.09. The van der Waals surface area contributed by atoms with Crippen molar-refractivity contribution in [2.45, 2.75) is 25.2 Å². The molecule has 1 aromatic carbocycles. The quantitative estimate of drug-likeness (QED) is 0.737. The van der Waals surface area contributed by atoms with E-state index in [-0.39, 0.29) is 5.82 Å². The summed E-state index contributed by atoms with van der Waals surface area (Å²) in [5.41, 5.74) is 1.05. The minimum absolute atomic E-state index is 0.210. The number of aromatic nitrogens is 4. The first kappa shape index (κ1) is 11.0. The highest BCUT2D eigenvalue weighted by Crippen LogP contribution is 2.39. The first-order chi connectivity index (χ1) is 9.29. The smallest absolute Gasteiger partial charge is 0.207 e. The minimum atomic E-state index is -0.210. The number of nitrogens with zero attached hydrogens (tertiary/aromatic N) is 4. The molecule has 19 heavy (non-hydrogen) atoms. The Morgan fingerprint density at radius 1 is 1.21 bits per heavy atom. The van der Waals surface area contributed by atoms with Crippen LogP contribution in [0.25, 0.3) is 4.96 Å². The first-order valence-electron chi connectivity index (χ1n) is 6.25. The molecule has 1 aliphatic rings. The average molecular weight is 274 g/mol. The molecule has 4 rings (SSSR count). The highest BCUT2D eigenvalue weighted by molar-refractivity contribution is 7.16. The lowest BCUT2D eigenvalue weighted by atomic mass is 10.2. The van der Waals surface area contributed by atoms with Crippen LogP contribution in [0.2, 0.25) is 0 Å². The monoisotopic (exact) mass is 274 g/mol. The van der Waals surface area contributed by atoms with Crippen molar-refractivity contribution in [3.05, 3.63) is 46.5 Å². The van der Waals surface area contributed by atoms with E-state index in [0.717, 1.165) is 21.4 Å². The number of benzene rings is 1. The Morgan fingerprint density at radius 3 is 2.74 bits per heavy atom. The van der Waals surface area contributed by atoms with E-state index in [0.29, 0.717) is 12.3 Å². The van der Waals surface area contributed by atoms with Crippen molar-refractivity contribution in [2.75, 3.05) is 0 Å². The summed E-state index contributed by atoms with van der Waals surface area (Å²) in [7, 11) is 0. The van der Waals surface area contributed by atoms with Crippen molar-refractivity contribution in [1.82, 2.24) is 19.8 Å². The summed E-state index contributed by atoms with van der Waals surface area (Å²) in [4.78, 5) is 0.846. The number of fused-ring (bicyclic) bond motifs is 1. The van der Waals surface area contributed by atoms with Crippen LogP contribution in [0.4, 0.5) is 4.39 Å². The summed E-state index contributed by atoms with van der Waals surface area (Å²) in [6.45, 7) is 0. The summed E-state index contributed by atoms with van der Waals surface area (Å²) in [6, 6.07) is 6.54. The molecule has 0 atom stereocenters. The molecule has 6 heteroatoms. The van der Waals surface area contributed by atoms with Gasteiger partial charge in [0.1, 0.15) is 10.8 Å². The maximum atomic E-state index is 12.9. The van der Waals surface area contributed by atoms with Crippen LogP contribution in [-0.2, 0) is 6.42 Å². The topological polar surface area (TPSA) is 43.1 Å². The molecule has 1 saturated carbocycles. The standard InChI is InChI=1S/C13H11FN4S/c14-10-5-1-8(2-6-10)7-11-17-18-12(9-3-4-9)15-16-13(18)19-11/h1-2,5-6,9H,3-4,7H2. The van der Waals surface area contributed by atoms with Crippen LogP contribution >= 0.6 is 11.3 Å². The number of hydrogen-bond donors (Lipinski definition) is 0. The van der Waals surface area contributed by atoms with Gasteiger partial charge in [-0.25, -0.2) is 4.39 Å². The van der Waals surface area contributed by atoms with Crippen molar-refractivity contribution in [3.8, 4) is 0 Å². The maximum absolute atomic E-state index is 12.9. The van der Waals surface area contributed by atoms with Gasteiger partial charge in [-0.1, -0.05) is 23.5 Å². The summed E-state index contributed by atoms with van der Waals surface area (Å²) in [6.07, 6.45) is 3.08. The zero-order valence-corrected chi connectivity index (χ0v) is 10.9. The van der Waals surface area contributed by atoms with Gasteiger partial charge < -0.3 is 0 Å². The lowest BCUT2D eigenvalue weighted by molar-refractivity contribution is 0.627. The zero-order valence-electron chi connectivity index (χ0n) is 10.1. The van der Waals surface area contributed by atoms with Crippen LogP contribution in [0, 0.1) is 5.82 Å². The van der Waals surface area contributed by atoms with E-state index in [4.69, 9.17) is 0 Å². The fourth-order valence-corrected chi connectivity index (χ4v) is 2.99. The molecule has 3 aromatic rings. The number of rotatable bonds is 3. The molecule has 2 aromatic heterocycles. The lowest BCUT2D eigenvalue weighted by Gasteiger charge is -1.96. The predicted octanol–water partition coefficient (Wildman–Crippen LogP) is 2.79. The Hall–Kier alpha value is -1.82. The predicted molar refractivity (Wildman–Crippen MR) is 69.8 cm³/mol. The molecule has 2 heterocycles. The van der Waals surface area contributed by atoms with Crippen LogP contribution in [0.3, 0.4) is 0 Å². The van der Waals surface area contributed by atoms with Gasteiger partial charge in [-0.2, -0.15) is 9.61 Å². The SMILES string of the molecule is Fc1ccc(Cc2nn3c(C4CC4)nnc3s2)cc1. The second-order valence-corrected chi connectivity index (χ2v) is 5.87. The Bertz CT molecular complexity index is 727. The third-order valence-corrected chi connectivity index (χ3v) is 4.17. The number of halogens is 1. The molecule has 0 radical (unpaired) electrons. The average Bonchev–Trinajstić information content (AvgIpc) is 3.05. The molecule has 0 aliphatic heterocycles. The van der Waals surface area contributed by atoms with Crippen molar-refractivity contribution < 1.29 is 4.39 Å². The van der Waals surface area contributed by atoms with Crippen LogP contribution in [0.15, 0.2) is 24.3 Å². The normalized spacial score (nSPS) is 15.2. The molecular weight excluding hydrogens is 263 g/mol. The van der Waals surface area contributed by atoms with E-state index in [1.54, 1.807) is 23.5 Å². The Labute approximate surface area is 112 Å². The fraction of sp³-hybridized carbons (Fsp3) is 0.308. The van der Waals surface area contributed by atoms with E-state index in [9.17, 15) is 4.39 Å². The third-order valence-electron chi connectivity index (χ3n) is 3.27. The minimum Gasteiger partial charge on any atom is -0.207 e. The molecule has 1 fully saturated rings. The van der Waals surface area contributed by atoms with Gasteiger partial charge in [0, 0.05) is 12.3 Å². The molecule has 0 unspecified atom stereocenters. The van der Waals surface area contributed by atoms with Crippen molar-refractivity contribution in [3.63, 3.8) is 0 Å². The van der Waals surface area contributed by atoms with Gasteiger partial charge in [0.15, 0.2) is 5.82 Å². The summed E-state index contributed by atoms with van der Waals surface area (Å²) < 4.78 is 14.7. The summed E-state index contributed by atoms with van der Waals surface area (Å²) in [5.74, 6) is 1.31. The molecule has 0 N–H and O–H groups in total. The van der Waals surface area contributed by atoms with Gasteiger partial charge in [0.25, 0.3) is 0 Å². The van der Waals surface area contributed by atoms with E-state index in [1.165, 1.54) is 25.0 Å². The molecule has 0 bridgehead atoms. The van der Waals surface area contributed by atoms with Crippen LogP contribution in [0.5, 0.6) is 0 Å². The van der Waals surface area contributed by atoms with Crippen molar-refractivity contribution >= 4 is 16.3 Å². The van der Waals surface area contributed by atoms with Gasteiger partial charge in [-0.15, -0.1) is 10.2 Å². The number of hydrogen-bond acceptors (Lipinski definition) is 4. The highest BCUT2D eigenvalue weighted by Gasteiger charge is 2.29. The van der Waals surface area contributed by atoms with Gasteiger partial charge in [-0.3, -0.25) is 0 Å². The van der Waals surface area contributed by atoms with Crippen LogP contribution in [-0.4, -0.2) is 19.8 Å². The Balaban J connectivity index is 1.65. The molecular formula is C13H11FN4S. The van der Waals surface area contributed by atoms with Gasteiger partial charge in [0.2, 0.25) is 4.96 Å². The van der Waals surface area contributed by atoms with E-state index in [2.05, 4.69) is 15.3 Å². The van der Waals surface area contributed by atoms with Crippen LogP contribution < -0.4 is 0 Å². The van der Waals surface area contributed by atoms with Gasteiger partial charge in [-0.05, 0) is 30.5 Å². The molecule has 0 spiro atoms. The van der Waals surface area contributed by atoms with Crippen molar-refractivity contribution in [1.29, 1.82) is 0 Å². The largest absolute Gasteiger partial charge is 0.234 e. The summed E-state index contributed by atoms with van der Waals surface area (Å²) in [5, 5.41) is 13.9. The Morgan fingerprint density at radius 2 is 2.00 bits per heavy atom. The van der Waals surface area contributed by atoms with E-state index in [1.807, 2.05) is 4.52 Å². The first-order valence-corrected chi connectivity index (χ1v) is 7.07. The molecule has 4 nitrogen and oxygen atoms in total. The third kappa shape index (κ3) is 2.02. The highest BCUT2D eigenvalue weighted by atomic mass is 32.1. The van der Waals surface area contributed by atoms with E-state index < -0.39 is 0 Å². The summed E-state index contributed by atoms with van der Waals surface area (Å²) >= 11 is 1.55. The molecule has 96 valence electrons.